The SMILES string of the molecule is CCC(=O)Nc1cncc(-c2ccc3[nH]nc(-c4nc5c(-c6cccnc6)cncc5[nH]4)c3n2)c1. The van der Waals surface area contributed by atoms with Crippen LogP contribution in [0.5, 0.6) is 0 Å². The average molecular weight is 461 g/mol. The van der Waals surface area contributed by atoms with Crippen molar-refractivity contribution in [2.24, 2.45) is 0 Å². The van der Waals surface area contributed by atoms with Gasteiger partial charge in [-0.15, -0.1) is 0 Å². The Hall–Kier alpha value is -4.99. The molecule has 0 bridgehead atoms. The van der Waals surface area contributed by atoms with Crippen molar-refractivity contribution in [3.8, 4) is 33.9 Å². The molecule has 3 N–H and O–H groups in total. The van der Waals surface area contributed by atoms with E-state index in [0.29, 0.717) is 34.8 Å². The summed E-state index contributed by atoms with van der Waals surface area (Å²) in [4.78, 5) is 37.6. The number of imidazole rings is 1. The molecule has 0 unspecified atom stereocenters. The van der Waals surface area contributed by atoms with Crippen molar-refractivity contribution in [1.82, 2.24) is 40.1 Å². The van der Waals surface area contributed by atoms with Gasteiger partial charge in [0, 0.05) is 47.9 Å². The van der Waals surface area contributed by atoms with Crippen molar-refractivity contribution >= 4 is 33.7 Å². The molecule has 0 radical (unpaired) electrons. The van der Waals surface area contributed by atoms with E-state index in [4.69, 9.17) is 9.97 Å². The molecule has 0 saturated carbocycles. The average Bonchev–Trinajstić information content (AvgIpc) is 3.53. The van der Waals surface area contributed by atoms with Crippen molar-refractivity contribution < 1.29 is 4.79 Å². The number of amides is 1. The number of pyridine rings is 4. The van der Waals surface area contributed by atoms with E-state index >= 15 is 0 Å². The summed E-state index contributed by atoms with van der Waals surface area (Å²) >= 11 is 0. The normalized spacial score (nSPS) is 11.2. The van der Waals surface area contributed by atoms with Gasteiger partial charge in [-0.1, -0.05) is 13.0 Å². The highest BCUT2D eigenvalue weighted by Crippen LogP contribution is 2.31. The maximum Gasteiger partial charge on any atom is 0.224 e. The summed E-state index contributed by atoms with van der Waals surface area (Å²) in [5.41, 5.74) is 7.52. The maximum absolute atomic E-state index is 11.8. The monoisotopic (exact) mass is 461 g/mol. The van der Waals surface area contributed by atoms with Crippen LogP contribution in [-0.2, 0) is 4.79 Å². The lowest BCUT2D eigenvalue weighted by Gasteiger charge is -2.06. The van der Waals surface area contributed by atoms with E-state index in [0.717, 1.165) is 33.2 Å². The van der Waals surface area contributed by atoms with Gasteiger partial charge in [0.25, 0.3) is 0 Å². The third-order valence-corrected chi connectivity index (χ3v) is 5.64. The quantitative estimate of drug-likeness (QED) is 0.346. The Morgan fingerprint density at radius 3 is 2.66 bits per heavy atom. The van der Waals surface area contributed by atoms with E-state index in [9.17, 15) is 4.79 Å². The molecule has 6 rings (SSSR count). The van der Waals surface area contributed by atoms with Crippen molar-refractivity contribution in [2.75, 3.05) is 5.32 Å². The van der Waals surface area contributed by atoms with Crippen LogP contribution in [0.2, 0.25) is 0 Å². The molecule has 0 aromatic carbocycles. The first kappa shape index (κ1) is 20.6. The molecule has 10 heteroatoms. The van der Waals surface area contributed by atoms with Crippen LogP contribution < -0.4 is 5.32 Å². The van der Waals surface area contributed by atoms with Gasteiger partial charge < -0.3 is 10.3 Å². The van der Waals surface area contributed by atoms with Crippen molar-refractivity contribution in [2.45, 2.75) is 13.3 Å². The number of fused-ring (bicyclic) bond motifs is 2. The van der Waals surface area contributed by atoms with Gasteiger partial charge in [0.15, 0.2) is 11.5 Å². The standard InChI is InChI=1S/C25H19N9O/c1-2-21(35)29-16-8-15(10-27-11-16)18-5-6-19-23(30-18)24(34-33-19)25-31-20-13-28-12-17(22(20)32-25)14-4-3-7-26-9-14/h3-13H,2H2,1H3,(H,29,35)(H,31,32)(H,33,34). The summed E-state index contributed by atoms with van der Waals surface area (Å²) in [5.74, 6) is 0.505. The second-order valence-electron chi connectivity index (χ2n) is 7.94. The largest absolute Gasteiger partial charge is 0.335 e. The molecule has 0 spiro atoms. The van der Waals surface area contributed by atoms with E-state index in [-0.39, 0.29) is 5.91 Å². The van der Waals surface area contributed by atoms with Gasteiger partial charge in [0.1, 0.15) is 11.0 Å². The van der Waals surface area contributed by atoms with E-state index in [1.807, 2.05) is 30.3 Å². The molecule has 6 aromatic rings. The summed E-state index contributed by atoms with van der Waals surface area (Å²) in [6.45, 7) is 1.80. The first-order valence-corrected chi connectivity index (χ1v) is 11.0. The van der Waals surface area contributed by atoms with Crippen LogP contribution in [0.4, 0.5) is 5.69 Å². The number of hydrogen-bond donors (Lipinski definition) is 3. The zero-order chi connectivity index (χ0) is 23.8. The van der Waals surface area contributed by atoms with Crippen LogP contribution >= 0.6 is 0 Å². The summed E-state index contributed by atoms with van der Waals surface area (Å²) < 4.78 is 0. The van der Waals surface area contributed by atoms with Gasteiger partial charge in [0.2, 0.25) is 5.91 Å². The fourth-order valence-electron chi connectivity index (χ4n) is 3.90. The number of hydrogen-bond acceptors (Lipinski definition) is 7. The number of nitrogens with one attached hydrogen (secondary N) is 3. The smallest absolute Gasteiger partial charge is 0.224 e. The van der Waals surface area contributed by atoms with Crippen LogP contribution in [0.25, 0.3) is 56.0 Å². The van der Waals surface area contributed by atoms with Crippen molar-refractivity contribution in [1.29, 1.82) is 0 Å². The van der Waals surface area contributed by atoms with E-state index in [1.165, 1.54) is 0 Å². The van der Waals surface area contributed by atoms with Crippen LogP contribution in [-0.4, -0.2) is 46.0 Å². The van der Waals surface area contributed by atoms with Crippen LogP contribution in [0.15, 0.2) is 67.5 Å². The third kappa shape index (κ3) is 3.76. The van der Waals surface area contributed by atoms with Gasteiger partial charge in [-0.05, 0) is 24.3 Å². The van der Waals surface area contributed by atoms with Gasteiger partial charge in [-0.25, -0.2) is 9.97 Å². The lowest BCUT2D eigenvalue weighted by molar-refractivity contribution is -0.115. The zero-order valence-corrected chi connectivity index (χ0v) is 18.6. The minimum absolute atomic E-state index is 0.0745. The predicted octanol–water partition coefficient (Wildman–Crippen LogP) is 4.37. The predicted molar refractivity (Wildman–Crippen MR) is 132 cm³/mol. The lowest BCUT2D eigenvalue weighted by atomic mass is 10.1. The molecule has 0 atom stereocenters. The van der Waals surface area contributed by atoms with Crippen LogP contribution in [0, 0.1) is 0 Å². The Morgan fingerprint density at radius 2 is 1.80 bits per heavy atom. The fourth-order valence-corrected chi connectivity index (χ4v) is 3.90. The number of rotatable bonds is 5. The van der Waals surface area contributed by atoms with E-state index in [2.05, 4.69) is 35.5 Å². The molecule has 10 nitrogen and oxygen atoms in total. The van der Waals surface area contributed by atoms with Gasteiger partial charge in [-0.3, -0.25) is 24.8 Å². The minimum atomic E-state index is -0.0745. The zero-order valence-electron chi connectivity index (χ0n) is 18.6. The summed E-state index contributed by atoms with van der Waals surface area (Å²) in [7, 11) is 0. The van der Waals surface area contributed by atoms with Gasteiger partial charge >= 0.3 is 0 Å². The molecule has 0 saturated heterocycles. The molecule has 0 aliphatic rings. The number of carbonyl (C=O) groups excluding carboxylic acids is 1. The Balaban J connectivity index is 1.43. The van der Waals surface area contributed by atoms with Crippen molar-refractivity contribution in [3.63, 3.8) is 0 Å². The second-order valence-corrected chi connectivity index (χ2v) is 7.94. The highest BCUT2D eigenvalue weighted by atomic mass is 16.1. The molecule has 6 aromatic heterocycles. The van der Waals surface area contributed by atoms with Crippen LogP contribution in [0.1, 0.15) is 13.3 Å². The first-order chi connectivity index (χ1) is 17.2. The highest BCUT2D eigenvalue weighted by Gasteiger charge is 2.17. The fraction of sp³-hybridized carbons (Fsp3) is 0.0800. The number of H-pyrrole nitrogens is 2. The molecule has 35 heavy (non-hydrogen) atoms. The molecule has 0 fully saturated rings. The Morgan fingerprint density at radius 1 is 0.914 bits per heavy atom. The summed E-state index contributed by atoms with van der Waals surface area (Å²) in [6, 6.07) is 9.50. The molecular formula is C25H19N9O. The first-order valence-electron chi connectivity index (χ1n) is 11.0. The van der Waals surface area contributed by atoms with Gasteiger partial charge in [-0.2, -0.15) is 5.10 Å². The second kappa shape index (κ2) is 8.41. The molecule has 1 amide bonds. The molecule has 0 aliphatic heterocycles. The Kier molecular flexibility index (Phi) is 4.95. The number of nitrogens with zero attached hydrogens (tertiary/aromatic N) is 6. The summed E-state index contributed by atoms with van der Waals surface area (Å²) in [6.07, 6.45) is 10.7. The highest BCUT2D eigenvalue weighted by molar-refractivity contribution is 5.96. The van der Waals surface area contributed by atoms with E-state index in [1.54, 1.807) is 44.1 Å². The Bertz CT molecular complexity index is 1690. The molecule has 6 heterocycles. The maximum atomic E-state index is 11.8. The number of carbonyl (C=O) groups is 1. The van der Waals surface area contributed by atoms with Gasteiger partial charge in [0.05, 0.1) is 34.8 Å². The summed E-state index contributed by atoms with van der Waals surface area (Å²) in [5, 5.41) is 10.3. The number of aromatic nitrogens is 8. The lowest BCUT2D eigenvalue weighted by Crippen LogP contribution is -2.09. The van der Waals surface area contributed by atoms with Crippen LogP contribution in [0.3, 0.4) is 0 Å². The molecule has 0 aliphatic carbocycles. The minimum Gasteiger partial charge on any atom is -0.335 e. The third-order valence-electron chi connectivity index (χ3n) is 5.64. The topological polar surface area (TPSA) is 138 Å². The molecule has 170 valence electrons. The number of aromatic amines is 2. The molecular weight excluding hydrogens is 442 g/mol. The number of anilines is 1. The Labute approximate surface area is 198 Å². The van der Waals surface area contributed by atoms with E-state index < -0.39 is 0 Å². The van der Waals surface area contributed by atoms with Crippen molar-refractivity contribution in [3.05, 3.63) is 67.5 Å².